The molecule has 6 heteroatoms. The first-order valence-corrected chi connectivity index (χ1v) is 8.39. The first-order chi connectivity index (χ1) is 11.7. The van der Waals surface area contributed by atoms with Crippen LogP contribution < -0.4 is 10.6 Å². The monoisotopic (exact) mass is 346 g/mol. The Kier molecular flexibility index (Phi) is 7.52. The fraction of sp³-hybridized carbons (Fsp3) is 0.333. The van der Waals surface area contributed by atoms with Gasteiger partial charge in [0.15, 0.2) is 5.96 Å². The summed E-state index contributed by atoms with van der Waals surface area (Å²) in [6, 6.07) is 13.6. The van der Waals surface area contributed by atoms with Crippen molar-refractivity contribution in [1.29, 1.82) is 0 Å². The molecule has 0 aliphatic rings. The molecule has 0 aliphatic heterocycles. The summed E-state index contributed by atoms with van der Waals surface area (Å²) in [4.78, 5) is 8.60. The fourth-order valence-electron chi connectivity index (χ4n) is 2.24. The molecule has 1 atom stereocenters. The van der Waals surface area contributed by atoms with Crippen LogP contribution in [0, 0.1) is 0 Å². The molecular formula is C18H23ClN4O. The van der Waals surface area contributed by atoms with Gasteiger partial charge in [-0.05, 0) is 24.1 Å². The SMILES string of the molecule is CCNC(=NCc1ccc(Cl)nc1)NCC(CO)c1ccccc1. The molecule has 0 amide bonds. The highest BCUT2D eigenvalue weighted by atomic mass is 35.5. The maximum Gasteiger partial charge on any atom is 0.191 e. The molecule has 0 bridgehead atoms. The van der Waals surface area contributed by atoms with Crippen molar-refractivity contribution in [3.8, 4) is 0 Å². The predicted octanol–water partition coefficient (Wildman–Crippen LogP) is 2.57. The molecule has 0 radical (unpaired) electrons. The Morgan fingerprint density at radius 2 is 2.00 bits per heavy atom. The molecule has 1 heterocycles. The molecule has 1 unspecified atom stereocenters. The Hall–Kier alpha value is -2.11. The third-order valence-corrected chi connectivity index (χ3v) is 3.78. The largest absolute Gasteiger partial charge is 0.396 e. The average Bonchev–Trinajstić information content (AvgIpc) is 2.62. The number of benzene rings is 1. The lowest BCUT2D eigenvalue weighted by atomic mass is 10.0. The zero-order chi connectivity index (χ0) is 17.2. The van der Waals surface area contributed by atoms with Gasteiger partial charge in [-0.1, -0.05) is 48.0 Å². The zero-order valence-corrected chi connectivity index (χ0v) is 14.5. The Balaban J connectivity index is 1.96. The van der Waals surface area contributed by atoms with E-state index in [1.807, 2.05) is 43.3 Å². The molecule has 0 saturated carbocycles. The van der Waals surface area contributed by atoms with Crippen molar-refractivity contribution in [3.63, 3.8) is 0 Å². The van der Waals surface area contributed by atoms with Gasteiger partial charge in [-0.25, -0.2) is 9.98 Å². The summed E-state index contributed by atoms with van der Waals surface area (Å²) in [7, 11) is 0. The summed E-state index contributed by atoms with van der Waals surface area (Å²) < 4.78 is 0. The smallest absolute Gasteiger partial charge is 0.191 e. The number of aliphatic hydroxyl groups excluding tert-OH is 1. The van der Waals surface area contributed by atoms with E-state index in [4.69, 9.17) is 11.6 Å². The average molecular weight is 347 g/mol. The van der Waals surface area contributed by atoms with Gasteiger partial charge < -0.3 is 15.7 Å². The molecule has 5 nitrogen and oxygen atoms in total. The van der Waals surface area contributed by atoms with E-state index in [1.54, 1.807) is 12.3 Å². The number of hydrogen-bond acceptors (Lipinski definition) is 3. The summed E-state index contributed by atoms with van der Waals surface area (Å²) in [6.07, 6.45) is 1.72. The van der Waals surface area contributed by atoms with Gasteiger partial charge in [0.2, 0.25) is 0 Å². The molecule has 1 aromatic carbocycles. The van der Waals surface area contributed by atoms with Gasteiger partial charge in [-0.2, -0.15) is 0 Å². The van der Waals surface area contributed by atoms with Crippen molar-refractivity contribution in [3.05, 3.63) is 64.9 Å². The van der Waals surface area contributed by atoms with Crippen LogP contribution in [0.5, 0.6) is 0 Å². The molecule has 2 aromatic rings. The molecule has 2 rings (SSSR count). The van der Waals surface area contributed by atoms with E-state index in [9.17, 15) is 5.11 Å². The summed E-state index contributed by atoms with van der Waals surface area (Å²) in [5.41, 5.74) is 2.09. The predicted molar refractivity (Wildman–Crippen MR) is 98.3 cm³/mol. The van der Waals surface area contributed by atoms with Crippen LogP contribution in [0.25, 0.3) is 0 Å². The number of rotatable bonds is 7. The Morgan fingerprint density at radius 3 is 2.62 bits per heavy atom. The first kappa shape index (κ1) is 18.2. The van der Waals surface area contributed by atoms with E-state index in [2.05, 4.69) is 20.6 Å². The third kappa shape index (κ3) is 5.83. The number of halogens is 1. The second kappa shape index (κ2) is 9.90. The van der Waals surface area contributed by atoms with Gasteiger partial charge in [0.05, 0.1) is 13.2 Å². The number of aliphatic imine (C=N–C) groups is 1. The topological polar surface area (TPSA) is 69.5 Å². The normalized spacial score (nSPS) is 12.7. The zero-order valence-electron chi connectivity index (χ0n) is 13.7. The van der Waals surface area contributed by atoms with Crippen LogP contribution in [-0.4, -0.2) is 35.7 Å². The molecule has 0 aliphatic carbocycles. The van der Waals surface area contributed by atoms with Crippen LogP contribution in [0.2, 0.25) is 5.15 Å². The van der Waals surface area contributed by atoms with Crippen molar-refractivity contribution < 1.29 is 5.11 Å². The van der Waals surface area contributed by atoms with Crippen molar-refractivity contribution in [2.24, 2.45) is 4.99 Å². The summed E-state index contributed by atoms with van der Waals surface area (Å²) in [5.74, 6) is 0.731. The van der Waals surface area contributed by atoms with Crippen molar-refractivity contribution in [2.45, 2.75) is 19.4 Å². The second-order valence-electron chi connectivity index (χ2n) is 5.36. The maximum atomic E-state index is 9.64. The van der Waals surface area contributed by atoms with Crippen LogP contribution in [0.4, 0.5) is 0 Å². The number of guanidine groups is 1. The highest BCUT2D eigenvalue weighted by Gasteiger charge is 2.10. The van der Waals surface area contributed by atoms with Crippen LogP contribution in [0.3, 0.4) is 0 Å². The molecule has 3 N–H and O–H groups in total. The summed E-state index contributed by atoms with van der Waals surface area (Å²) in [5, 5.41) is 16.6. The summed E-state index contributed by atoms with van der Waals surface area (Å²) >= 11 is 5.79. The maximum absolute atomic E-state index is 9.64. The van der Waals surface area contributed by atoms with Crippen molar-refractivity contribution in [1.82, 2.24) is 15.6 Å². The van der Waals surface area contributed by atoms with Gasteiger partial charge >= 0.3 is 0 Å². The molecular weight excluding hydrogens is 324 g/mol. The molecule has 0 fully saturated rings. The fourth-order valence-corrected chi connectivity index (χ4v) is 2.36. The van der Waals surface area contributed by atoms with Gasteiger partial charge in [0, 0.05) is 25.2 Å². The van der Waals surface area contributed by atoms with Gasteiger partial charge in [0.1, 0.15) is 5.15 Å². The molecule has 0 spiro atoms. The minimum atomic E-state index is 0.0206. The lowest BCUT2D eigenvalue weighted by Crippen LogP contribution is -2.39. The van der Waals surface area contributed by atoms with Crippen LogP contribution >= 0.6 is 11.6 Å². The van der Waals surface area contributed by atoms with E-state index in [-0.39, 0.29) is 12.5 Å². The van der Waals surface area contributed by atoms with E-state index in [0.29, 0.717) is 24.2 Å². The lowest BCUT2D eigenvalue weighted by Gasteiger charge is -2.18. The van der Waals surface area contributed by atoms with Crippen LogP contribution in [-0.2, 0) is 6.54 Å². The van der Waals surface area contributed by atoms with Crippen LogP contribution in [0.1, 0.15) is 24.0 Å². The number of pyridine rings is 1. The standard InChI is InChI=1S/C18H23ClN4O/c1-2-20-18(22-11-14-8-9-17(19)21-10-14)23-12-16(13-24)15-6-4-3-5-7-15/h3-10,16,24H,2,11-13H2,1H3,(H2,20,22,23). The molecule has 1 aromatic heterocycles. The summed E-state index contributed by atoms with van der Waals surface area (Å²) in [6.45, 7) is 3.97. The molecule has 128 valence electrons. The Labute approximate surface area is 147 Å². The minimum Gasteiger partial charge on any atom is -0.396 e. The van der Waals surface area contributed by atoms with Gasteiger partial charge in [-0.15, -0.1) is 0 Å². The van der Waals surface area contributed by atoms with Crippen molar-refractivity contribution in [2.75, 3.05) is 19.7 Å². The second-order valence-corrected chi connectivity index (χ2v) is 5.74. The Morgan fingerprint density at radius 1 is 1.21 bits per heavy atom. The molecule has 24 heavy (non-hydrogen) atoms. The van der Waals surface area contributed by atoms with Gasteiger partial charge in [-0.3, -0.25) is 0 Å². The highest BCUT2D eigenvalue weighted by molar-refractivity contribution is 6.29. The van der Waals surface area contributed by atoms with E-state index >= 15 is 0 Å². The molecule has 0 saturated heterocycles. The van der Waals surface area contributed by atoms with E-state index < -0.39 is 0 Å². The lowest BCUT2D eigenvalue weighted by molar-refractivity contribution is 0.265. The van der Waals surface area contributed by atoms with Gasteiger partial charge in [0.25, 0.3) is 0 Å². The highest BCUT2D eigenvalue weighted by Crippen LogP contribution is 2.13. The number of aliphatic hydroxyl groups is 1. The number of nitrogens with zero attached hydrogens (tertiary/aromatic N) is 2. The minimum absolute atomic E-state index is 0.0206. The van der Waals surface area contributed by atoms with Crippen molar-refractivity contribution >= 4 is 17.6 Å². The van der Waals surface area contributed by atoms with Crippen LogP contribution in [0.15, 0.2) is 53.7 Å². The quantitative estimate of drug-likeness (QED) is 0.409. The first-order valence-electron chi connectivity index (χ1n) is 8.01. The third-order valence-electron chi connectivity index (χ3n) is 3.56. The number of nitrogens with one attached hydrogen (secondary N) is 2. The number of aromatic nitrogens is 1. The van der Waals surface area contributed by atoms with E-state index in [1.165, 1.54) is 0 Å². The number of hydrogen-bond donors (Lipinski definition) is 3. The Bertz CT molecular complexity index is 631. The van der Waals surface area contributed by atoms with E-state index in [0.717, 1.165) is 17.7 Å².